The lowest BCUT2D eigenvalue weighted by Crippen LogP contribution is -2.29. The van der Waals surface area contributed by atoms with Crippen molar-refractivity contribution in [1.82, 2.24) is 4.90 Å². The normalized spacial score (nSPS) is 23.2. The number of β-amino-alcohol motifs (C(OH)–C–C–N with tert-alkyl or cyclic N) is 2. The lowest BCUT2D eigenvalue weighted by atomic mass is 10.2. The summed E-state index contributed by atoms with van der Waals surface area (Å²) in [6.07, 6.45) is -1.71. The van der Waals surface area contributed by atoms with E-state index in [9.17, 15) is 15.0 Å². The van der Waals surface area contributed by atoms with E-state index in [4.69, 9.17) is 5.73 Å². The summed E-state index contributed by atoms with van der Waals surface area (Å²) in [7, 11) is 0. The van der Waals surface area contributed by atoms with Crippen LogP contribution in [0.5, 0.6) is 0 Å². The van der Waals surface area contributed by atoms with Crippen LogP contribution in [-0.4, -0.2) is 46.3 Å². The molecule has 6 heteroatoms. The molecule has 4 N–H and O–H groups in total. The molecule has 1 fully saturated rings. The van der Waals surface area contributed by atoms with Crippen molar-refractivity contribution < 1.29 is 15.0 Å². The fourth-order valence-electron chi connectivity index (χ4n) is 2.26. The molecule has 1 amide bonds. The van der Waals surface area contributed by atoms with Crippen LogP contribution in [0.3, 0.4) is 0 Å². The number of anilines is 1. The predicted octanol–water partition coefficient (Wildman–Crippen LogP) is 0.661. The van der Waals surface area contributed by atoms with Gasteiger partial charge in [-0.25, -0.2) is 0 Å². The summed E-state index contributed by atoms with van der Waals surface area (Å²) in [6, 6.07) is 7.32. The zero-order chi connectivity index (χ0) is 13.6. The van der Waals surface area contributed by atoms with Crippen molar-refractivity contribution in [2.24, 2.45) is 0 Å². The summed E-state index contributed by atoms with van der Waals surface area (Å²) in [5, 5.41) is 19.9. The number of nitrogen functional groups attached to an aromatic ring is 1. The van der Waals surface area contributed by atoms with Crippen molar-refractivity contribution in [1.29, 1.82) is 0 Å². The van der Waals surface area contributed by atoms with Crippen molar-refractivity contribution in [3.63, 3.8) is 0 Å². The molecule has 2 aromatic rings. The van der Waals surface area contributed by atoms with Crippen LogP contribution in [-0.2, 0) is 0 Å². The molecular weight excluding hydrogens is 264 g/mol. The van der Waals surface area contributed by atoms with E-state index >= 15 is 0 Å². The number of benzene rings is 1. The fourth-order valence-corrected chi connectivity index (χ4v) is 3.27. The number of likely N-dealkylation sites (tertiary alicyclic amines) is 1. The van der Waals surface area contributed by atoms with Crippen LogP contribution in [0, 0.1) is 0 Å². The smallest absolute Gasteiger partial charge is 0.264 e. The third-order valence-corrected chi connectivity index (χ3v) is 4.40. The molecule has 1 aromatic heterocycles. The zero-order valence-corrected chi connectivity index (χ0v) is 10.9. The van der Waals surface area contributed by atoms with E-state index in [1.54, 1.807) is 12.1 Å². The topological polar surface area (TPSA) is 86.8 Å². The van der Waals surface area contributed by atoms with Gasteiger partial charge in [0.25, 0.3) is 5.91 Å². The van der Waals surface area contributed by atoms with Crippen LogP contribution in [0.15, 0.2) is 24.3 Å². The minimum absolute atomic E-state index is 0.157. The van der Waals surface area contributed by atoms with E-state index in [-0.39, 0.29) is 19.0 Å². The maximum atomic E-state index is 12.3. The first-order valence-corrected chi connectivity index (χ1v) is 6.81. The van der Waals surface area contributed by atoms with Crippen LogP contribution in [0.1, 0.15) is 9.67 Å². The monoisotopic (exact) mass is 278 g/mol. The summed E-state index contributed by atoms with van der Waals surface area (Å²) >= 11 is 1.39. The summed E-state index contributed by atoms with van der Waals surface area (Å²) in [5.74, 6) is -0.157. The number of aliphatic hydroxyl groups is 2. The van der Waals surface area contributed by atoms with E-state index in [0.717, 1.165) is 10.1 Å². The number of carbonyl (C=O) groups excluding carboxylic acids is 1. The molecule has 2 heterocycles. The molecule has 0 unspecified atom stereocenters. The number of thiophene rings is 1. The van der Waals surface area contributed by atoms with Crippen molar-refractivity contribution in [3.05, 3.63) is 29.1 Å². The second-order valence-corrected chi connectivity index (χ2v) is 5.84. The number of hydrogen-bond donors (Lipinski definition) is 3. The highest BCUT2D eigenvalue weighted by molar-refractivity contribution is 7.20. The maximum Gasteiger partial charge on any atom is 0.264 e. The average molecular weight is 278 g/mol. The Balaban J connectivity index is 1.90. The predicted molar refractivity (Wildman–Crippen MR) is 74.2 cm³/mol. The molecule has 0 spiro atoms. The summed E-state index contributed by atoms with van der Waals surface area (Å²) < 4.78 is 0.998. The van der Waals surface area contributed by atoms with Crippen LogP contribution >= 0.6 is 11.3 Å². The Morgan fingerprint density at radius 1 is 1.26 bits per heavy atom. The zero-order valence-electron chi connectivity index (χ0n) is 10.1. The molecule has 2 atom stereocenters. The molecule has 1 aliphatic heterocycles. The Bertz CT molecular complexity index is 630. The van der Waals surface area contributed by atoms with Gasteiger partial charge in [-0.15, -0.1) is 11.3 Å². The Morgan fingerprint density at radius 3 is 2.63 bits per heavy atom. The molecular formula is C13H14N2O3S. The fraction of sp³-hybridized carbons (Fsp3) is 0.308. The Hall–Kier alpha value is -1.63. The van der Waals surface area contributed by atoms with Crippen LogP contribution in [0.25, 0.3) is 10.1 Å². The van der Waals surface area contributed by atoms with Gasteiger partial charge in [-0.3, -0.25) is 4.79 Å². The third kappa shape index (κ3) is 2.18. The lowest BCUT2D eigenvalue weighted by molar-refractivity contribution is 0.0572. The average Bonchev–Trinajstić information content (AvgIpc) is 2.92. The van der Waals surface area contributed by atoms with Crippen molar-refractivity contribution >= 4 is 33.0 Å². The molecule has 0 aliphatic carbocycles. The van der Waals surface area contributed by atoms with Gasteiger partial charge in [-0.2, -0.15) is 0 Å². The SMILES string of the molecule is Nc1ccc2sc(C(=O)N3C[C@@H](O)[C@@H](O)C3)cc2c1. The summed E-state index contributed by atoms with van der Waals surface area (Å²) in [6.45, 7) is 0.354. The molecule has 0 bridgehead atoms. The Kier molecular flexibility index (Phi) is 2.93. The van der Waals surface area contributed by atoms with E-state index in [2.05, 4.69) is 0 Å². The van der Waals surface area contributed by atoms with Crippen molar-refractivity contribution in [2.45, 2.75) is 12.2 Å². The summed E-state index contributed by atoms with van der Waals surface area (Å²) in [5.41, 5.74) is 6.37. The van der Waals surface area contributed by atoms with Gasteiger partial charge < -0.3 is 20.8 Å². The van der Waals surface area contributed by atoms with Crippen molar-refractivity contribution in [3.8, 4) is 0 Å². The molecule has 0 saturated carbocycles. The second kappa shape index (κ2) is 4.48. The number of amides is 1. The first-order chi connectivity index (χ1) is 9.04. The third-order valence-electron chi connectivity index (χ3n) is 3.30. The molecule has 1 aromatic carbocycles. The molecule has 100 valence electrons. The number of hydrogen-bond acceptors (Lipinski definition) is 5. The highest BCUT2D eigenvalue weighted by Crippen LogP contribution is 2.29. The molecule has 19 heavy (non-hydrogen) atoms. The first kappa shape index (κ1) is 12.4. The molecule has 0 radical (unpaired) electrons. The van der Waals surface area contributed by atoms with Crippen LogP contribution in [0.4, 0.5) is 5.69 Å². The Morgan fingerprint density at radius 2 is 1.95 bits per heavy atom. The molecule has 3 rings (SSSR count). The van der Waals surface area contributed by atoms with Crippen LogP contribution in [0.2, 0.25) is 0 Å². The van der Waals surface area contributed by atoms with Gasteiger partial charge in [-0.1, -0.05) is 0 Å². The van der Waals surface area contributed by atoms with E-state index in [0.29, 0.717) is 10.6 Å². The number of nitrogens with two attached hydrogens (primary N) is 1. The van der Waals surface area contributed by atoms with Gasteiger partial charge in [0.05, 0.1) is 17.1 Å². The number of aliphatic hydroxyl groups excluding tert-OH is 2. The maximum absolute atomic E-state index is 12.3. The first-order valence-electron chi connectivity index (χ1n) is 5.99. The molecule has 1 saturated heterocycles. The minimum atomic E-state index is -0.853. The van der Waals surface area contributed by atoms with Gasteiger partial charge >= 0.3 is 0 Å². The van der Waals surface area contributed by atoms with Gasteiger partial charge in [-0.05, 0) is 29.7 Å². The van der Waals surface area contributed by atoms with E-state index in [1.807, 2.05) is 12.1 Å². The van der Waals surface area contributed by atoms with E-state index < -0.39 is 12.2 Å². The minimum Gasteiger partial charge on any atom is -0.399 e. The standard InChI is InChI=1S/C13H14N2O3S/c14-8-1-2-11-7(3-8)4-12(19-11)13(18)15-5-9(16)10(17)6-15/h1-4,9-10,16-17H,5-6,14H2/t9-,10+. The summed E-state index contributed by atoms with van der Waals surface area (Å²) in [4.78, 5) is 14.4. The number of nitrogens with zero attached hydrogens (tertiary/aromatic N) is 1. The quantitative estimate of drug-likeness (QED) is 0.669. The largest absolute Gasteiger partial charge is 0.399 e. The van der Waals surface area contributed by atoms with Crippen molar-refractivity contribution in [2.75, 3.05) is 18.8 Å². The number of rotatable bonds is 1. The number of fused-ring (bicyclic) bond motifs is 1. The van der Waals surface area contributed by atoms with Gasteiger partial charge in [0.2, 0.25) is 0 Å². The molecule has 1 aliphatic rings. The Labute approximate surface area is 113 Å². The lowest BCUT2D eigenvalue weighted by Gasteiger charge is -2.13. The molecule has 5 nitrogen and oxygen atoms in total. The van der Waals surface area contributed by atoms with Crippen LogP contribution < -0.4 is 5.73 Å². The van der Waals surface area contributed by atoms with Gasteiger partial charge in [0.15, 0.2) is 0 Å². The highest BCUT2D eigenvalue weighted by atomic mass is 32.1. The van der Waals surface area contributed by atoms with Gasteiger partial charge in [0.1, 0.15) is 0 Å². The highest BCUT2D eigenvalue weighted by Gasteiger charge is 2.33. The van der Waals surface area contributed by atoms with E-state index in [1.165, 1.54) is 16.2 Å². The van der Waals surface area contributed by atoms with Gasteiger partial charge in [0, 0.05) is 23.5 Å². The second-order valence-electron chi connectivity index (χ2n) is 4.75. The number of carbonyl (C=O) groups is 1.